The summed E-state index contributed by atoms with van der Waals surface area (Å²) in [6.45, 7) is 1.82. The molecule has 1 aromatic rings. The number of nitrogens with one attached hydrogen (secondary N) is 1. The van der Waals surface area contributed by atoms with Crippen LogP contribution in [0.4, 0.5) is 8.78 Å². The topological polar surface area (TPSA) is 81.4 Å². The van der Waals surface area contributed by atoms with Gasteiger partial charge in [-0.15, -0.1) is 0 Å². The first-order valence-electron chi connectivity index (χ1n) is 6.67. The monoisotopic (exact) mass is 320 g/mol. The lowest BCUT2D eigenvalue weighted by molar-refractivity contribution is 0.0902. The van der Waals surface area contributed by atoms with Gasteiger partial charge in [0.25, 0.3) is 0 Å². The van der Waals surface area contributed by atoms with E-state index in [9.17, 15) is 17.2 Å². The quantitative estimate of drug-likeness (QED) is 0.856. The Hall–Kier alpha value is -1.09. The van der Waals surface area contributed by atoms with E-state index in [2.05, 4.69) is 4.72 Å². The average molecular weight is 320 g/mol. The summed E-state index contributed by atoms with van der Waals surface area (Å²) in [5.41, 5.74) is 4.81. The van der Waals surface area contributed by atoms with E-state index in [1.807, 2.05) is 0 Å². The summed E-state index contributed by atoms with van der Waals surface area (Å²) in [7, 11) is -4.10. The summed E-state index contributed by atoms with van der Waals surface area (Å²) in [6.07, 6.45) is 1.36. The molecule has 2 atom stereocenters. The number of sulfonamides is 1. The van der Waals surface area contributed by atoms with Crippen molar-refractivity contribution in [3.05, 3.63) is 29.3 Å². The predicted octanol–water partition coefficient (Wildman–Crippen LogP) is 1.27. The molecule has 1 heterocycles. The molecule has 1 saturated heterocycles. The van der Waals surface area contributed by atoms with E-state index in [1.54, 1.807) is 6.92 Å². The zero-order chi connectivity index (χ0) is 15.6. The maximum Gasteiger partial charge on any atom is 0.243 e. The predicted molar refractivity (Wildman–Crippen MR) is 73.0 cm³/mol. The molecule has 5 nitrogen and oxygen atoms in total. The lowest BCUT2D eigenvalue weighted by Crippen LogP contribution is -2.41. The highest BCUT2D eigenvalue weighted by atomic mass is 32.2. The Kier molecular flexibility index (Phi) is 4.92. The van der Waals surface area contributed by atoms with E-state index >= 15 is 0 Å². The molecule has 0 amide bonds. The van der Waals surface area contributed by atoms with Gasteiger partial charge in [-0.25, -0.2) is 21.9 Å². The normalized spacial score (nSPS) is 20.7. The number of halogens is 2. The first-order valence-corrected chi connectivity index (χ1v) is 8.16. The molecule has 1 aliphatic heterocycles. The smallest absolute Gasteiger partial charge is 0.243 e. The Morgan fingerprint density at radius 2 is 2.19 bits per heavy atom. The van der Waals surface area contributed by atoms with Crippen LogP contribution in [0, 0.1) is 11.6 Å². The fourth-order valence-corrected chi connectivity index (χ4v) is 3.73. The molecule has 2 rings (SSSR count). The molecule has 0 aliphatic carbocycles. The van der Waals surface area contributed by atoms with Crippen LogP contribution in [-0.2, 0) is 21.3 Å². The van der Waals surface area contributed by atoms with Crippen molar-refractivity contribution in [1.29, 1.82) is 0 Å². The number of nitrogens with two attached hydrogens (primary N) is 1. The van der Waals surface area contributed by atoms with E-state index in [0.29, 0.717) is 6.61 Å². The van der Waals surface area contributed by atoms with E-state index in [0.717, 1.165) is 25.0 Å². The van der Waals surface area contributed by atoms with Gasteiger partial charge in [0.15, 0.2) is 5.82 Å². The summed E-state index contributed by atoms with van der Waals surface area (Å²) in [5, 5.41) is 0. The van der Waals surface area contributed by atoms with E-state index in [-0.39, 0.29) is 6.10 Å². The Balaban J connectivity index is 2.27. The first kappa shape index (κ1) is 16.3. The molecule has 1 fully saturated rings. The van der Waals surface area contributed by atoms with E-state index in [4.69, 9.17) is 10.5 Å². The molecule has 0 saturated carbocycles. The van der Waals surface area contributed by atoms with Crippen molar-refractivity contribution in [2.45, 2.75) is 43.4 Å². The zero-order valence-electron chi connectivity index (χ0n) is 11.6. The van der Waals surface area contributed by atoms with Crippen molar-refractivity contribution in [3.63, 3.8) is 0 Å². The van der Waals surface area contributed by atoms with Gasteiger partial charge in [0.05, 0.1) is 6.10 Å². The third-order valence-electron chi connectivity index (χ3n) is 3.51. The second-order valence-corrected chi connectivity index (χ2v) is 6.69. The van der Waals surface area contributed by atoms with Crippen LogP contribution in [0.15, 0.2) is 17.0 Å². The molecule has 3 N–H and O–H groups in total. The summed E-state index contributed by atoms with van der Waals surface area (Å²) in [4.78, 5) is -0.603. The fourth-order valence-electron chi connectivity index (χ4n) is 2.35. The fraction of sp³-hybridized carbons (Fsp3) is 0.538. The molecule has 1 aromatic carbocycles. The standard InChI is InChI=1S/C13H18F2N2O3S/c1-8(11-3-2-6-20-11)17-21(18,19)12-5-4-10(14)9(7-16)13(12)15/h4-5,8,11,17H,2-3,6-7,16H2,1H3. The third kappa shape index (κ3) is 3.39. The molecule has 0 spiro atoms. The second-order valence-electron chi connectivity index (χ2n) is 5.00. The van der Waals surface area contributed by atoms with Crippen LogP contribution in [0.2, 0.25) is 0 Å². The first-order chi connectivity index (χ1) is 9.86. The minimum Gasteiger partial charge on any atom is -0.377 e. The van der Waals surface area contributed by atoms with Crippen LogP contribution in [0.5, 0.6) is 0 Å². The molecule has 0 radical (unpaired) electrons. The van der Waals surface area contributed by atoms with E-state index < -0.39 is 44.7 Å². The van der Waals surface area contributed by atoms with Crippen molar-refractivity contribution in [2.75, 3.05) is 6.61 Å². The number of hydrogen-bond donors (Lipinski definition) is 2. The van der Waals surface area contributed by atoms with Crippen LogP contribution in [0.25, 0.3) is 0 Å². The number of hydrogen-bond acceptors (Lipinski definition) is 4. The van der Waals surface area contributed by atoms with Gasteiger partial charge in [0.1, 0.15) is 10.7 Å². The number of ether oxygens (including phenoxy) is 1. The molecule has 21 heavy (non-hydrogen) atoms. The molecular weight excluding hydrogens is 302 g/mol. The van der Waals surface area contributed by atoms with Crippen LogP contribution in [-0.4, -0.2) is 27.2 Å². The van der Waals surface area contributed by atoms with Gasteiger partial charge < -0.3 is 10.5 Å². The van der Waals surface area contributed by atoms with Gasteiger partial charge in [-0.1, -0.05) is 0 Å². The SMILES string of the molecule is CC(NS(=O)(=O)c1ccc(F)c(CN)c1F)C1CCCO1. The van der Waals surface area contributed by atoms with Gasteiger partial charge in [-0.3, -0.25) is 0 Å². The largest absolute Gasteiger partial charge is 0.377 e. The summed E-state index contributed by atoms with van der Waals surface area (Å²) in [5.74, 6) is -2.01. The highest BCUT2D eigenvalue weighted by molar-refractivity contribution is 7.89. The summed E-state index contributed by atoms with van der Waals surface area (Å²) < 4.78 is 59.7. The van der Waals surface area contributed by atoms with Crippen LogP contribution < -0.4 is 10.5 Å². The highest BCUT2D eigenvalue weighted by Crippen LogP contribution is 2.22. The lowest BCUT2D eigenvalue weighted by Gasteiger charge is -2.20. The Labute approximate surface area is 122 Å². The Bertz CT molecular complexity index is 616. The van der Waals surface area contributed by atoms with Gasteiger partial charge in [-0.2, -0.15) is 0 Å². The Morgan fingerprint density at radius 1 is 1.48 bits per heavy atom. The Morgan fingerprint density at radius 3 is 2.76 bits per heavy atom. The third-order valence-corrected chi connectivity index (χ3v) is 5.08. The van der Waals surface area contributed by atoms with E-state index in [1.165, 1.54) is 0 Å². The molecule has 0 aromatic heterocycles. The molecule has 8 heteroatoms. The average Bonchev–Trinajstić information content (AvgIpc) is 2.92. The van der Waals surface area contributed by atoms with Gasteiger partial charge in [0.2, 0.25) is 10.0 Å². The maximum atomic E-state index is 14.1. The summed E-state index contributed by atoms with van der Waals surface area (Å²) >= 11 is 0. The van der Waals surface area contributed by atoms with Gasteiger partial charge >= 0.3 is 0 Å². The number of rotatable bonds is 5. The van der Waals surface area contributed by atoms with Crippen LogP contribution in [0.1, 0.15) is 25.3 Å². The minimum absolute atomic E-state index is 0.239. The summed E-state index contributed by atoms with van der Waals surface area (Å²) in [6, 6.07) is 1.30. The minimum atomic E-state index is -4.10. The molecule has 1 aliphatic rings. The van der Waals surface area contributed by atoms with Crippen molar-refractivity contribution >= 4 is 10.0 Å². The molecular formula is C13H18F2N2O3S. The number of benzene rings is 1. The van der Waals surface area contributed by atoms with Crippen LogP contribution in [0.3, 0.4) is 0 Å². The second kappa shape index (κ2) is 6.35. The molecule has 0 bridgehead atoms. The highest BCUT2D eigenvalue weighted by Gasteiger charge is 2.29. The molecule has 118 valence electrons. The zero-order valence-corrected chi connectivity index (χ0v) is 12.4. The molecule has 2 unspecified atom stereocenters. The lowest BCUT2D eigenvalue weighted by atomic mass is 10.1. The van der Waals surface area contributed by atoms with Gasteiger partial charge in [0, 0.05) is 24.8 Å². The maximum absolute atomic E-state index is 14.1. The van der Waals surface area contributed by atoms with Crippen molar-refractivity contribution < 1.29 is 21.9 Å². The van der Waals surface area contributed by atoms with Crippen LogP contribution >= 0.6 is 0 Å². The van der Waals surface area contributed by atoms with Crippen molar-refractivity contribution in [3.8, 4) is 0 Å². The van der Waals surface area contributed by atoms with Crippen molar-refractivity contribution in [1.82, 2.24) is 4.72 Å². The van der Waals surface area contributed by atoms with Crippen molar-refractivity contribution in [2.24, 2.45) is 5.73 Å². The van der Waals surface area contributed by atoms with Gasteiger partial charge in [-0.05, 0) is 31.9 Å².